The van der Waals surface area contributed by atoms with Crippen LogP contribution in [0.4, 0.5) is 0 Å². The Morgan fingerprint density at radius 1 is 1.38 bits per heavy atom. The zero-order valence-corrected chi connectivity index (χ0v) is 8.63. The quantitative estimate of drug-likeness (QED) is 0.504. The van der Waals surface area contributed by atoms with Crippen molar-refractivity contribution in [3.05, 3.63) is 0 Å². The minimum absolute atomic E-state index is 0.621. The lowest BCUT2D eigenvalue weighted by molar-refractivity contribution is 0.382. The largest absolute Gasteiger partial charge is 0.271 e. The molecular weight excluding hydrogens is 160 g/mol. The zero-order chi connectivity index (χ0) is 9.26. The minimum Gasteiger partial charge on any atom is -0.271 e. The maximum atomic E-state index is 5.61. The smallest absolute Gasteiger partial charge is 0.0244 e. The number of hydrogen-bond acceptors (Lipinski definition) is 2. The molecule has 2 saturated carbocycles. The normalized spacial score (nSPS) is 38.8. The molecule has 2 aliphatic rings. The van der Waals surface area contributed by atoms with Crippen LogP contribution < -0.4 is 11.3 Å². The maximum Gasteiger partial charge on any atom is 0.0244 e. The maximum absolute atomic E-state index is 5.61. The van der Waals surface area contributed by atoms with Crippen LogP contribution in [0.1, 0.15) is 45.4 Å². The van der Waals surface area contributed by atoms with Crippen LogP contribution in [0.5, 0.6) is 0 Å². The summed E-state index contributed by atoms with van der Waals surface area (Å²) >= 11 is 0. The van der Waals surface area contributed by atoms with E-state index < -0.39 is 0 Å². The molecule has 2 fully saturated rings. The lowest BCUT2D eigenvalue weighted by Gasteiger charge is -2.17. The second-order valence-electron chi connectivity index (χ2n) is 4.75. The van der Waals surface area contributed by atoms with Gasteiger partial charge in [0, 0.05) is 6.04 Å². The number of hydrazine groups is 1. The molecule has 2 nitrogen and oxygen atoms in total. The summed E-state index contributed by atoms with van der Waals surface area (Å²) in [5.41, 5.74) is 3.03. The predicted octanol–water partition coefficient (Wildman–Crippen LogP) is 2.05. The number of fused-ring (bicyclic) bond motifs is 1. The van der Waals surface area contributed by atoms with Crippen LogP contribution in [-0.2, 0) is 0 Å². The van der Waals surface area contributed by atoms with E-state index in [1.807, 2.05) is 0 Å². The van der Waals surface area contributed by atoms with Gasteiger partial charge < -0.3 is 0 Å². The molecule has 3 atom stereocenters. The van der Waals surface area contributed by atoms with Gasteiger partial charge in [-0.25, -0.2) is 0 Å². The predicted molar refractivity (Wildman–Crippen MR) is 55.0 cm³/mol. The van der Waals surface area contributed by atoms with Gasteiger partial charge in [-0.2, -0.15) is 0 Å². The standard InChI is InChI=1S/C11H22N2/c1-2-3-7-10(13-12)11-8-5-4-6-9(8)11/h8-11,13H,2-7,12H2,1H3. The van der Waals surface area contributed by atoms with Crippen LogP contribution in [-0.4, -0.2) is 6.04 Å². The highest BCUT2D eigenvalue weighted by Gasteiger charge is 2.55. The lowest BCUT2D eigenvalue weighted by Crippen LogP contribution is -2.37. The summed E-state index contributed by atoms with van der Waals surface area (Å²) in [5, 5.41) is 0. The van der Waals surface area contributed by atoms with E-state index in [0.717, 1.165) is 17.8 Å². The van der Waals surface area contributed by atoms with Crippen molar-refractivity contribution in [3.8, 4) is 0 Å². The topological polar surface area (TPSA) is 38.0 Å². The number of nitrogens with one attached hydrogen (secondary N) is 1. The molecular formula is C11H22N2. The minimum atomic E-state index is 0.621. The molecule has 0 heterocycles. The van der Waals surface area contributed by atoms with Gasteiger partial charge in [-0.15, -0.1) is 0 Å². The average molecular weight is 182 g/mol. The van der Waals surface area contributed by atoms with Gasteiger partial charge in [0.15, 0.2) is 0 Å². The summed E-state index contributed by atoms with van der Waals surface area (Å²) in [7, 11) is 0. The third-order valence-corrected chi connectivity index (χ3v) is 4.02. The van der Waals surface area contributed by atoms with E-state index in [1.54, 1.807) is 0 Å². The Bertz CT molecular complexity index is 159. The van der Waals surface area contributed by atoms with E-state index in [-0.39, 0.29) is 0 Å². The molecule has 2 heteroatoms. The third-order valence-electron chi connectivity index (χ3n) is 4.02. The summed E-state index contributed by atoms with van der Waals surface area (Å²) in [6.07, 6.45) is 8.31. The van der Waals surface area contributed by atoms with Crippen molar-refractivity contribution in [2.75, 3.05) is 0 Å². The van der Waals surface area contributed by atoms with E-state index >= 15 is 0 Å². The van der Waals surface area contributed by atoms with Crippen molar-refractivity contribution >= 4 is 0 Å². The Hall–Kier alpha value is -0.0800. The molecule has 0 amide bonds. The third kappa shape index (κ3) is 1.75. The van der Waals surface area contributed by atoms with E-state index in [1.165, 1.54) is 38.5 Å². The number of nitrogens with two attached hydrogens (primary N) is 1. The van der Waals surface area contributed by atoms with Crippen LogP contribution in [0, 0.1) is 17.8 Å². The van der Waals surface area contributed by atoms with Gasteiger partial charge in [-0.05, 0) is 37.0 Å². The molecule has 3 N–H and O–H groups in total. The average Bonchev–Trinajstić information content (AvgIpc) is 2.62. The summed E-state index contributed by atoms with van der Waals surface area (Å²) in [5.74, 6) is 8.62. The Balaban J connectivity index is 1.78. The van der Waals surface area contributed by atoms with E-state index in [2.05, 4.69) is 12.3 Å². The van der Waals surface area contributed by atoms with Gasteiger partial charge in [-0.3, -0.25) is 11.3 Å². The molecule has 0 aromatic heterocycles. The van der Waals surface area contributed by atoms with Crippen LogP contribution in [0.3, 0.4) is 0 Å². The number of hydrogen-bond donors (Lipinski definition) is 2. The van der Waals surface area contributed by atoms with Crippen LogP contribution in [0.2, 0.25) is 0 Å². The van der Waals surface area contributed by atoms with E-state index in [9.17, 15) is 0 Å². The second kappa shape index (κ2) is 3.97. The molecule has 0 aromatic rings. The van der Waals surface area contributed by atoms with Crippen molar-refractivity contribution in [3.63, 3.8) is 0 Å². The first-order chi connectivity index (χ1) is 6.38. The second-order valence-corrected chi connectivity index (χ2v) is 4.75. The molecule has 0 spiro atoms. The Morgan fingerprint density at radius 2 is 2.08 bits per heavy atom. The Labute approximate surface area is 81.2 Å². The summed E-state index contributed by atoms with van der Waals surface area (Å²) in [6.45, 7) is 2.25. The van der Waals surface area contributed by atoms with Gasteiger partial charge in [0.25, 0.3) is 0 Å². The SMILES string of the molecule is CCCCC(NN)C1C2CCCC21. The van der Waals surface area contributed by atoms with Crippen LogP contribution in [0.15, 0.2) is 0 Å². The summed E-state index contributed by atoms with van der Waals surface area (Å²) in [6, 6.07) is 0.621. The molecule has 76 valence electrons. The molecule has 0 aliphatic heterocycles. The highest BCUT2D eigenvalue weighted by Crippen LogP contribution is 2.59. The van der Waals surface area contributed by atoms with Gasteiger partial charge >= 0.3 is 0 Å². The lowest BCUT2D eigenvalue weighted by atomic mass is 10.00. The van der Waals surface area contributed by atoms with Gasteiger partial charge in [-0.1, -0.05) is 26.2 Å². The van der Waals surface area contributed by atoms with E-state index in [0.29, 0.717) is 6.04 Å². The number of unbranched alkanes of at least 4 members (excludes halogenated alkanes) is 1. The van der Waals surface area contributed by atoms with E-state index in [4.69, 9.17) is 5.84 Å². The van der Waals surface area contributed by atoms with Gasteiger partial charge in [0.1, 0.15) is 0 Å². The van der Waals surface area contributed by atoms with Gasteiger partial charge in [0.05, 0.1) is 0 Å². The zero-order valence-electron chi connectivity index (χ0n) is 8.63. The fourth-order valence-electron chi connectivity index (χ4n) is 3.28. The first-order valence-corrected chi connectivity index (χ1v) is 5.84. The van der Waals surface area contributed by atoms with Gasteiger partial charge in [0.2, 0.25) is 0 Å². The Morgan fingerprint density at radius 3 is 2.62 bits per heavy atom. The van der Waals surface area contributed by atoms with Crippen molar-refractivity contribution < 1.29 is 0 Å². The molecule has 0 bridgehead atoms. The fourth-order valence-corrected chi connectivity index (χ4v) is 3.28. The molecule has 0 aromatic carbocycles. The summed E-state index contributed by atoms with van der Waals surface area (Å²) < 4.78 is 0. The number of rotatable bonds is 5. The molecule has 2 rings (SSSR count). The highest BCUT2D eigenvalue weighted by atomic mass is 15.2. The fraction of sp³-hybridized carbons (Fsp3) is 1.00. The van der Waals surface area contributed by atoms with Crippen molar-refractivity contribution in [2.24, 2.45) is 23.6 Å². The molecule has 0 radical (unpaired) electrons. The molecule has 3 unspecified atom stereocenters. The monoisotopic (exact) mass is 182 g/mol. The molecule has 13 heavy (non-hydrogen) atoms. The molecule has 0 saturated heterocycles. The Kier molecular flexibility index (Phi) is 2.89. The first kappa shape index (κ1) is 9.47. The van der Waals surface area contributed by atoms with Crippen molar-refractivity contribution in [2.45, 2.75) is 51.5 Å². The highest BCUT2D eigenvalue weighted by molar-refractivity contribution is 5.05. The first-order valence-electron chi connectivity index (χ1n) is 5.84. The van der Waals surface area contributed by atoms with Crippen molar-refractivity contribution in [1.82, 2.24) is 5.43 Å². The van der Waals surface area contributed by atoms with Crippen molar-refractivity contribution in [1.29, 1.82) is 0 Å². The molecule has 2 aliphatic carbocycles. The van der Waals surface area contributed by atoms with Crippen LogP contribution >= 0.6 is 0 Å². The van der Waals surface area contributed by atoms with Crippen LogP contribution in [0.25, 0.3) is 0 Å². The summed E-state index contributed by atoms with van der Waals surface area (Å²) in [4.78, 5) is 0.